The zero-order chi connectivity index (χ0) is 13.1. The molecule has 2 fully saturated rings. The maximum atomic E-state index is 12.3. The summed E-state index contributed by atoms with van der Waals surface area (Å²) in [5, 5.41) is 6.37. The third-order valence-electron chi connectivity index (χ3n) is 4.22. The van der Waals surface area contributed by atoms with Crippen LogP contribution in [-0.4, -0.2) is 63.3 Å². The van der Waals surface area contributed by atoms with Gasteiger partial charge in [-0.25, -0.2) is 0 Å². The molecule has 4 atom stereocenters. The SMILES string of the molecule is CNC1COCC1C(=O)NC1CCN(C)CC1C. The number of piperidine rings is 1. The summed E-state index contributed by atoms with van der Waals surface area (Å²) in [5.74, 6) is 0.623. The van der Waals surface area contributed by atoms with Crippen molar-refractivity contribution in [3.05, 3.63) is 0 Å². The molecule has 104 valence electrons. The highest BCUT2D eigenvalue weighted by molar-refractivity contribution is 5.80. The van der Waals surface area contributed by atoms with Gasteiger partial charge < -0.3 is 20.3 Å². The summed E-state index contributed by atoms with van der Waals surface area (Å²) in [6, 6.07) is 0.471. The standard InChI is InChI=1S/C13H25N3O2/c1-9-6-16(3)5-4-11(9)15-13(17)10-7-18-8-12(10)14-2/h9-12,14H,4-8H2,1-3H3,(H,15,17). The minimum atomic E-state index is -0.0399. The second-order valence-electron chi connectivity index (χ2n) is 5.68. The topological polar surface area (TPSA) is 53.6 Å². The molecule has 0 radical (unpaired) electrons. The van der Waals surface area contributed by atoms with E-state index in [1.807, 2.05) is 7.05 Å². The van der Waals surface area contributed by atoms with Crippen LogP contribution in [0, 0.1) is 11.8 Å². The van der Waals surface area contributed by atoms with Crippen LogP contribution in [0.3, 0.4) is 0 Å². The highest BCUT2D eigenvalue weighted by Crippen LogP contribution is 2.18. The van der Waals surface area contributed by atoms with Gasteiger partial charge in [-0.3, -0.25) is 4.79 Å². The van der Waals surface area contributed by atoms with Crippen molar-refractivity contribution in [1.82, 2.24) is 15.5 Å². The van der Waals surface area contributed by atoms with Gasteiger partial charge in [0.2, 0.25) is 5.91 Å². The van der Waals surface area contributed by atoms with Crippen LogP contribution < -0.4 is 10.6 Å². The van der Waals surface area contributed by atoms with E-state index >= 15 is 0 Å². The monoisotopic (exact) mass is 255 g/mol. The van der Waals surface area contributed by atoms with Crippen LogP contribution in [0.15, 0.2) is 0 Å². The van der Waals surface area contributed by atoms with Crippen molar-refractivity contribution in [2.24, 2.45) is 11.8 Å². The Morgan fingerprint density at radius 1 is 1.33 bits per heavy atom. The molecule has 2 rings (SSSR count). The fourth-order valence-electron chi connectivity index (χ4n) is 2.96. The molecule has 2 saturated heterocycles. The van der Waals surface area contributed by atoms with Gasteiger partial charge in [0.15, 0.2) is 0 Å². The first-order valence-electron chi connectivity index (χ1n) is 6.85. The molecule has 0 aromatic carbocycles. The smallest absolute Gasteiger partial charge is 0.227 e. The summed E-state index contributed by atoms with van der Waals surface area (Å²) in [6.07, 6.45) is 1.04. The highest BCUT2D eigenvalue weighted by atomic mass is 16.5. The van der Waals surface area contributed by atoms with E-state index < -0.39 is 0 Å². The Balaban J connectivity index is 1.87. The first kappa shape index (κ1) is 13.8. The molecular formula is C13H25N3O2. The fourth-order valence-corrected chi connectivity index (χ4v) is 2.96. The molecule has 2 aliphatic rings. The molecule has 4 unspecified atom stereocenters. The Labute approximate surface area is 109 Å². The highest BCUT2D eigenvalue weighted by Gasteiger charge is 2.35. The lowest BCUT2D eigenvalue weighted by Gasteiger charge is -2.35. The van der Waals surface area contributed by atoms with Gasteiger partial charge in [0.05, 0.1) is 19.1 Å². The maximum Gasteiger partial charge on any atom is 0.227 e. The van der Waals surface area contributed by atoms with Gasteiger partial charge in [-0.05, 0) is 33.0 Å². The lowest BCUT2D eigenvalue weighted by molar-refractivity contribution is -0.126. The van der Waals surface area contributed by atoms with Crippen molar-refractivity contribution in [2.45, 2.75) is 25.4 Å². The average Bonchev–Trinajstić information content (AvgIpc) is 2.81. The molecule has 5 heteroatoms. The Bertz CT molecular complexity index is 298. The molecule has 0 aromatic rings. The molecule has 18 heavy (non-hydrogen) atoms. The number of likely N-dealkylation sites (N-methyl/N-ethyl adjacent to an activating group) is 1. The second kappa shape index (κ2) is 5.99. The molecule has 2 heterocycles. The van der Waals surface area contributed by atoms with Gasteiger partial charge in [0.1, 0.15) is 0 Å². The van der Waals surface area contributed by atoms with Gasteiger partial charge in [0.25, 0.3) is 0 Å². The van der Waals surface area contributed by atoms with Gasteiger partial charge in [-0.2, -0.15) is 0 Å². The normalized spacial score (nSPS) is 37.7. The fraction of sp³-hybridized carbons (Fsp3) is 0.923. The number of ether oxygens (including phenoxy) is 1. The molecule has 1 amide bonds. The zero-order valence-corrected chi connectivity index (χ0v) is 11.6. The third kappa shape index (κ3) is 3.02. The van der Waals surface area contributed by atoms with Crippen LogP contribution in [0.5, 0.6) is 0 Å². The molecule has 0 aliphatic carbocycles. The van der Waals surface area contributed by atoms with Crippen LogP contribution in [-0.2, 0) is 9.53 Å². The van der Waals surface area contributed by atoms with Crippen molar-refractivity contribution < 1.29 is 9.53 Å². The first-order valence-corrected chi connectivity index (χ1v) is 6.85. The van der Waals surface area contributed by atoms with E-state index in [1.165, 1.54) is 0 Å². The van der Waals surface area contributed by atoms with Gasteiger partial charge in [-0.1, -0.05) is 6.92 Å². The van der Waals surface area contributed by atoms with Crippen LogP contribution in [0.4, 0.5) is 0 Å². The second-order valence-corrected chi connectivity index (χ2v) is 5.68. The quantitative estimate of drug-likeness (QED) is 0.725. The van der Waals surface area contributed by atoms with Crippen LogP contribution in [0.2, 0.25) is 0 Å². The molecule has 2 aliphatic heterocycles. The van der Waals surface area contributed by atoms with Gasteiger partial charge >= 0.3 is 0 Å². The number of carbonyl (C=O) groups excluding carboxylic acids is 1. The van der Waals surface area contributed by atoms with Crippen LogP contribution in [0.1, 0.15) is 13.3 Å². The van der Waals surface area contributed by atoms with Crippen molar-refractivity contribution >= 4 is 5.91 Å². The van der Waals surface area contributed by atoms with E-state index in [1.54, 1.807) is 0 Å². The van der Waals surface area contributed by atoms with Crippen LogP contribution >= 0.6 is 0 Å². The predicted molar refractivity (Wildman–Crippen MR) is 70.4 cm³/mol. The molecule has 0 aromatic heterocycles. The van der Waals surface area contributed by atoms with Crippen LogP contribution in [0.25, 0.3) is 0 Å². The molecule has 0 spiro atoms. The summed E-state index contributed by atoms with van der Waals surface area (Å²) >= 11 is 0. The molecule has 0 bridgehead atoms. The number of hydrogen-bond donors (Lipinski definition) is 2. The Kier molecular flexibility index (Phi) is 4.59. The molecule has 0 saturated carbocycles. The summed E-state index contributed by atoms with van der Waals surface area (Å²) in [7, 11) is 4.02. The van der Waals surface area contributed by atoms with E-state index in [-0.39, 0.29) is 17.9 Å². The van der Waals surface area contributed by atoms with E-state index in [2.05, 4.69) is 29.5 Å². The minimum Gasteiger partial charge on any atom is -0.379 e. The Morgan fingerprint density at radius 2 is 2.11 bits per heavy atom. The van der Waals surface area contributed by atoms with E-state index in [9.17, 15) is 4.79 Å². The summed E-state index contributed by atoms with van der Waals surface area (Å²) in [5.41, 5.74) is 0. The number of amides is 1. The lowest BCUT2D eigenvalue weighted by Crippen LogP contribution is -2.52. The largest absolute Gasteiger partial charge is 0.379 e. The number of nitrogens with one attached hydrogen (secondary N) is 2. The summed E-state index contributed by atoms with van der Waals surface area (Å²) in [4.78, 5) is 14.6. The van der Waals surface area contributed by atoms with Crippen molar-refractivity contribution in [3.63, 3.8) is 0 Å². The number of nitrogens with zero attached hydrogens (tertiary/aromatic N) is 1. The maximum absolute atomic E-state index is 12.3. The number of hydrogen-bond acceptors (Lipinski definition) is 4. The number of likely N-dealkylation sites (tertiary alicyclic amines) is 1. The van der Waals surface area contributed by atoms with Crippen molar-refractivity contribution in [3.8, 4) is 0 Å². The number of rotatable bonds is 3. The average molecular weight is 255 g/mol. The summed E-state index contributed by atoms with van der Waals surface area (Å²) in [6.45, 7) is 5.50. The van der Waals surface area contributed by atoms with E-state index in [4.69, 9.17) is 4.74 Å². The van der Waals surface area contributed by atoms with Gasteiger partial charge in [-0.15, -0.1) is 0 Å². The minimum absolute atomic E-state index is 0.0399. The van der Waals surface area contributed by atoms with Crippen molar-refractivity contribution in [2.75, 3.05) is 40.4 Å². The zero-order valence-electron chi connectivity index (χ0n) is 11.6. The molecule has 5 nitrogen and oxygen atoms in total. The predicted octanol–water partition coefficient (Wildman–Crippen LogP) is -0.323. The first-order chi connectivity index (χ1) is 8.61. The van der Waals surface area contributed by atoms with E-state index in [0.29, 0.717) is 25.2 Å². The molecular weight excluding hydrogens is 230 g/mol. The Morgan fingerprint density at radius 3 is 2.78 bits per heavy atom. The Hall–Kier alpha value is -0.650. The molecule has 2 N–H and O–H groups in total. The summed E-state index contributed by atoms with van der Waals surface area (Å²) < 4.78 is 5.38. The number of carbonyl (C=O) groups is 1. The van der Waals surface area contributed by atoms with E-state index in [0.717, 1.165) is 19.5 Å². The van der Waals surface area contributed by atoms with Gasteiger partial charge in [0, 0.05) is 18.6 Å². The third-order valence-corrected chi connectivity index (χ3v) is 4.22. The lowest BCUT2D eigenvalue weighted by atomic mass is 9.93. The van der Waals surface area contributed by atoms with Crippen molar-refractivity contribution in [1.29, 1.82) is 0 Å².